The summed E-state index contributed by atoms with van der Waals surface area (Å²) in [7, 11) is 0. The zero-order chi connectivity index (χ0) is 24.9. The third-order valence-electron chi connectivity index (χ3n) is 7.46. The second-order valence-electron chi connectivity index (χ2n) is 10.3. The van der Waals surface area contributed by atoms with Crippen LogP contribution < -0.4 is 14.5 Å². The summed E-state index contributed by atoms with van der Waals surface area (Å²) in [5.74, 6) is -1.37. The maximum absolute atomic E-state index is 13.0. The molecule has 182 valence electrons. The van der Waals surface area contributed by atoms with Gasteiger partial charge in [-0.1, -0.05) is 19.1 Å². The minimum atomic E-state index is -0.591. The molecule has 2 aromatic carbocycles. The number of anilines is 2. The number of rotatable bonds is 4. The maximum atomic E-state index is 13.0. The van der Waals surface area contributed by atoms with Gasteiger partial charge in [0.1, 0.15) is 5.75 Å². The Morgan fingerprint density at radius 3 is 2.37 bits per heavy atom. The molecule has 3 amide bonds. The Morgan fingerprint density at radius 2 is 1.63 bits per heavy atom. The van der Waals surface area contributed by atoms with Gasteiger partial charge in [0.05, 0.1) is 23.4 Å². The topological polar surface area (TPSA) is 84.0 Å². The molecule has 7 heteroatoms. The van der Waals surface area contributed by atoms with Crippen LogP contribution in [0, 0.1) is 37.5 Å². The minimum Gasteiger partial charge on any atom is -0.426 e. The molecule has 2 aliphatic heterocycles. The Morgan fingerprint density at radius 1 is 0.914 bits per heavy atom. The summed E-state index contributed by atoms with van der Waals surface area (Å²) in [6.07, 6.45) is 2.49. The number of imide groups is 1. The fourth-order valence-electron chi connectivity index (χ4n) is 5.75. The van der Waals surface area contributed by atoms with Gasteiger partial charge in [-0.25, -0.2) is 4.90 Å². The van der Waals surface area contributed by atoms with E-state index >= 15 is 0 Å². The molecular weight excluding hydrogens is 444 g/mol. The van der Waals surface area contributed by atoms with Crippen molar-refractivity contribution in [3.05, 3.63) is 53.6 Å². The first-order valence-electron chi connectivity index (χ1n) is 12.3. The number of carbonyl (C=O) groups is 4. The van der Waals surface area contributed by atoms with E-state index in [9.17, 15) is 19.2 Å². The summed E-state index contributed by atoms with van der Waals surface area (Å²) < 4.78 is 5.62. The molecule has 0 aromatic heterocycles. The van der Waals surface area contributed by atoms with Gasteiger partial charge < -0.3 is 9.64 Å². The highest BCUT2D eigenvalue weighted by Gasteiger charge is 2.50. The number of hydrogen-bond acceptors (Lipinski definition) is 5. The van der Waals surface area contributed by atoms with Crippen LogP contribution in [0.15, 0.2) is 42.5 Å². The largest absolute Gasteiger partial charge is 0.426 e. The van der Waals surface area contributed by atoms with Crippen molar-refractivity contribution < 1.29 is 23.9 Å². The van der Waals surface area contributed by atoms with E-state index in [4.69, 9.17) is 4.74 Å². The highest BCUT2D eigenvalue weighted by atomic mass is 16.5. The Labute approximate surface area is 205 Å². The molecule has 35 heavy (non-hydrogen) atoms. The Bertz CT molecular complexity index is 1200. The van der Waals surface area contributed by atoms with Crippen LogP contribution in [0.1, 0.15) is 43.7 Å². The van der Waals surface area contributed by atoms with E-state index < -0.39 is 11.9 Å². The molecule has 2 aromatic rings. The quantitative estimate of drug-likeness (QED) is 0.377. The van der Waals surface area contributed by atoms with Crippen molar-refractivity contribution in [2.45, 2.75) is 46.5 Å². The summed E-state index contributed by atoms with van der Waals surface area (Å²) in [6.45, 7) is 6.32. The predicted molar refractivity (Wildman–Crippen MR) is 131 cm³/mol. The normalized spacial score (nSPS) is 26.3. The highest BCUT2D eigenvalue weighted by molar-refractivity contribution is 6.22. The predicted octanol–water partition coefficient (Wildman–Crippen LogP) is 4.19. The van der Waals surface area contributed by atoms with Crippen molar-refractivity contribution in [2.24, 2.45) is 23.7 Å². The molecular formula is C28H30N2O5. The molecule has 2 heterocycles. The van der Waals surface area contributed by atoms with E-state index in [0.717, 1.165) is 36.1 Å². The number of carbonyl (C=O) groups excluding carboxylic acids is 4. The van der Waals surface area contributed by atoms with Crippen molar-refractivity contribution in [3.8, 4) is 5.75 Å². The van der Waals surface area contributed by atoms with E-state index in [2.05, 4.69) is 6.92 Å². The summed E-state index contributed by atoms with van der Waals surface area (Å²) in [5, 5.41) is 0. The van der Waals surface area contributed by atoms with Crippen LogP contribution in [-0.2, 0) is 19.2 Å². The lowest BCUT2D eigenvalue weighted by Gasteiger charge is -2.25. The number of fused-ring (bicyclic) bond motifs is 1. The molecule has 7 nitrogen and oxygen atoms in total. The molecule has 0 N–H and O–H groups in total. The van der Waals surface area contributed by atoms with Gasteiger partial charge in [-0.05, 0) is 74.4 Å². The lowest BCUT2D eigenvalue weighted by molar-refractivity contribution is -0.139. The molecule has 0 radical (unpaired) electrons. The van der Waals surface area contributed by atoms with Crippen molar-refractivity contribution in [1.82, 2.24) is 0 Å². The number of benzene rings is 2. The van der Waals surface area contributed by atoms with E-state index in [1.54, 1.807) is 29.2 Å². The molecule has 1 saturated carbocycles. The van der Waals surface area contributed by atoms with Crippen molar-refractivity contribution in [3.63, 3.8) is 0 Å². The number of amides is 3. The van der Waals surface area contributed by atoms with Crippen molar-refractivity contribution >= 4 is 35.1 Å². The molecule has 3 fully saturated rings. The Kier molecular flexibility index (Phi) is 5.95. The van der Waals surface area contributed by atoms with Gasteiger partial charge in [0.25, 0.3) is 0 Å². The zero-order valence-corrected chi connectivity index (χ0v) is 20.3. The van der Waals surface area contributed by atoms with Crippen LogP contribution in [0.4, 0.5) is 11.4 Å². The fourth-order valence-corrected chi connectivity index (χ4v) is 5.75. The van der Waals surface area contributed by atoms with Crippen LogP contribution in [-0.4, -0.2) is 30.2 Å². The Hall–Kier alpha value is -3.48. The smallest absolute Gasteiger partial charge is 0.316 e. The van der Waals surface area contributed by atoms with Crippen molar-refractivity contribution in [1.29, 1.82) is 0 Å². The monoisotopic (exact) mass is 474 g/mol. The number of ether oxygens (including phenoxy) is 1. The summed E-state index contributed by atoms with van der Waals surface area (Å²) in [5.41, 5.74) is 3.31. The second-order valence-corrected chi connectivity index (χ2v) is 10.3. The van der Waals surface area contributed by atoms with Crippen molar-refractivity contribution in [2.75, 3.05) is 16.3 Å². The summed E-state index contributed by atoms with van der Waals surface area (Å²) in [6, 6.07) is 12.5. The first-order valence-corrected chi connectivity index (χ1v) is 12.3. The van der Waals surface area contributed by atoms with Gasteiger partial charge in [-0.2, -0.15) is 0 Å². The van der Waals surface area contributed by atoms with Crippen LogP contribution in [0.2, 0.25) is 0 Å². The van der Waals surface area contributed by atoms with E-state index in [1.165, 1.54) is 4.90 Å². The van der Waals surface area contributed by atoms with Gasteiger partial charge >= 0.3 is 5.97 Å². The molecule has 0 unspecified atom stereocenters. The second kappa shape index (κ2) is 8.95. The van der Waals surface area contributed by atoms with Crippen LogP contribution >= 0.6 is 0 Å². The van der Waals surface area contributed by atoms with Gasteiger partial charge in [-0.3, -0.25) is 19.2 Å². The number of hydrogen-bond donors (Lipinski definition) is 0. The lowest BCUT2D eigenvalue weighted by Crippen LogP contribution is -2.31. The number of aryl methyl sites for hydroxylation is 2. The molecule has 0 bridgehead atoms. The number of nitrogens with zero attached hydrogens (tertiary/aromatic N) is 2. The van der Waals surface area contributed by atoms with E-state index in [1.807, 2.05) is 32.0 Å². The number of esters is 1. The molecule has 1 aliphatic carbocycles. The minimum absolute atomic E-state index is 0.0795. The molecule has 5 rings (SSSR count). The summed E-state index contributed by atoms with van der Waals surface area (Å²) >= 11 is 0. The van der Waals surface area contributed by atoms with Crippen LogP contribution in [0.3, 0.4) is 0 Å². The third-order valence-corrected chi connectivity index (χ3v) is 7.46. The molecule has 3 aliphatic rings. The van der Waals surface area contributed by atoms with E-state index in [-0.39, 0.29) is 48.3 Å². The molecule has 0 spiro atoms. The fraction of sp³-hybridized carbons (Fsp3) is 0.429. The first kappa shape index (κ1) is 23.3. The summed E-state index contributed by atoms with van der Waals surface area (Å²) in [4.78, 5) is 54.5. The average Bonchev–Trinajstić information content (AvgIpc) is 3.31. The van der Waals surface area contributed by atoms with Crippen LogP contribution in [0.5, 0.6) is 5.75 Å². The van der Waals surface area contributed by atoms with Gasteiger partial charge in [-0.15, -0.1) is 0 Å². The SMILES string of the molecule is Cc1cc(C)cc(N2C[C@@H](C(=O)Oc3cccc(N4C(=O)[C@H]5CC[C@@H](C)C[C@@H]5C4=O)c3)CC2=O)c1. The van der Waals surface area contributed by atoms with Gasteiger partial charge in [0, 0.05) is 24.7 Å². The van der Waals surface area contributed by atoms with Gasteiger partial charge in [0.15, 0.2) is 0 Å². The molecule has 2 saturated heterocycles. The van der Waals surface area contributed by atoms with Gasteiger partial charge in [0.2, 0.25) is 17.7 Å². The maximum Gasteiger partial charge on any atom is 0.316 e. The zero-order valence-electron chi connectivity index (χ0n) is 20.3. The lowest BCUT2D eigenvalue weighted by atomic mass is 9.76. The Balaban J connectivity index is 1.29. The van der Waals surface area contributed by atoms with E-state index in [0.29, 0.717) is 11.6 Å². The van der Waals surface area contributed by atoms with Crippen LogP contribution in [0.25, 0.3) is 0 Å². The molecule has 4 atom stereocenters. The highest BCUT2D eigenvalue weighted by Crippen LogP contribution is 2.42. The first-order chi connectivity index (χ1) is 16.7. The standard InChI is InChI=1S/C28H30N2O5/c1-16-7-8-23-24(12-16)27(33)30(26(23)32)20-5-4-6-22(14-20)35-28(34)19-13-25(31)29(15-19)21-10-17(2)9-18(3)11-21/h4-6,9-11,14,16,19,23-24H,7-8,12-13,15H2,1-3H3/t16-,19+,23+,24+/m1/s1. The average molecular weight is 475 g/mol. The third kappa shape index (κ3) is 4.35.